The van der Waals surface area contributed by atoms with Crippen LogP contribution in [0.4, 0.5) is 0 Å². The van der Waals surface area contributed by atoms with Gasteiger partial charge in [0.15, 0.2) is 0 Å². The molecule has 0 aromatic rings. The first-order chi connectivity index (χ1) is 8.20. The third-order valence-corrected chi connectivity index (χ3v) is 3.70. The zero-order valence-corrected chi connectivity index (χ0v) is 10.3. The molecule has 0 bridgehead atoms. The molecule has 2 rings (SSSR count). The lowest BCUT2D eigenvalue weighted by molar-refractivity contribution is -0.135. The van der Waals surface area contributed by atoms with Crippen LogP contribution in [-0.2, 0) is 14.3 Å². The minimum absolute atomic E-state index is 0.158. The van der Waals surface area contributed by atoms with Gasteiger partial charge >= 0.3 is 0 Å². The van der Waals surface area contributed by atoms with Gasteiger partial charge in [-0.3, -0.25) is 9.59 Å². The fourth-order valence-corrected chi connectivity index (χ4v) is 2.68. The Bertz CT molecular complexity index is 306. The zero-order chi connectivity index (χ0) is 12.3. The minimum atomic E-state index is 0.158. The van der Waals surface area contributed by atoms with Gasteiger partial charge in [-0.05, 0) is 18.8 Å². The van der Waals surface area contributed by atoms with Crippen LogP contribution in [0.1, 0.15) is 25.7 Å². The van der Waals surface area contributed by atoms with Gasteiger partial charge in [-0.15, -0.1) is 0 Å². The molecule has 17 heavy (non-hydrogen) atoms. The molecule has 0 aromatic carbocycles. The number of nitrogens with one attached hydrogen (secondary N) is 1. The van der Waals surface area contributed by atoms with Crippen molar-refractivity contribution in [1.82, 2.24) is 10.2 Å². The maximum absolute atomic E-state index is 11.9. The van der Waals surface area contributed by atoms with Crippen molar-refractivity contribution < 1.29 is 14.3 Å². The van der Waals surface area contributed by atoms with Crippen molar-refractivity contribution in [1.29, 1.82) is 0 Å². The number of carbonyl (C=O) groups is 2. The molecule has 1 N–H and O–H groups in total. The Kier molecular flexibility index (Phi) is 3.99. The van der Waals surface area contributed by atoms with Crippen molar-refractivity contribution in [3.63, 3.8) is 0 Å². The second-order valence-corrected chi connectivity index (χ2v) is 4.84. The van der Waals surface area contributed by atoms with Gasteiger partial charge in [0.2, 0.25) is 11.8 Å². The SMILES string of the molecule is COCCC(=O)N1CCC2NC(=O)CCC2C1. The average molecular weight is 240 g/mol. The fraction of sp³-hybridized carbons (Fsp3) is 0.833. The van der Waals surface area contributed by atoms with Crippen molar-refractivity contribution in [2.24, 2.45) is 5.92 Å². The molecule has 2 amide bonds. The van der Waals surface area contributed by atoms with Crippen LogP contribution in [0, 0.1) is 5.92 Å². The molecule has 5 heteroatoms. The number of ether oxygens (including phenoxy) is 1. The Morgan fingerprint density at radius 3 is 3.12 bits per heavy atom. The highest BCUT2D eigenvalue weighted by Gasteiger charge is 2.34. The van der Waals surface area contributed by atoms with Crippen molar-refractivity contribution in [3.05, 3.63) is 0 Å². The average Bonchev–Trinajstić information content (AvgIpc) is 2.35. The number of hydrogen-bond donors (Lipinski definition) is 1. The topological polar surface area (TPSA) is 58.6 Å². The predicted octanol–water partition coefficient (Wildman–Crippen LogP) is 0.150. The maximum atomic E-state index is 11.9. The van der Waals surface area contributed by atoms with Gasteiger partial charge in [-0.25, -0.2) is 0 Å². The predicted molar refractivity (Wildman–Crippen MR) is 62.3 cm³/mol. The van der Waals surface area contributed by atoms with E-state index in [9.17, 15) is 9.59 Å². The number of fused-ring (bicyclic) bond motifs is 1. The Morgan fingerprint density at radius 2 is 2.35 bits per heavy atom. The summed E-state index contributed by atoms with van der Waals surface area (Å²) in [6.45, 7) is 2.03. The van der Waals surface area contributed by atoms with Gasteiger partial charge in [0.25, 0.3) is 0 Å². The molecule has 0 saturated carbocycles. The number of methoxy groups -OCH3 is 1. The number of carbonyl (C=O) groups excluding carboxylic acids is 2. The highest BCUT2D eigenvalue weighted by atomic mass is 16.5. The summed E-state index contributed by atoms with van der Waals surface area (Å²) in [5.74, 6) is 0.764. The van der Waals surface area contributed by atoms with Gasteiger partial charge in [0.05, 0.1) is 13.0 Å². The van der Waals surface area contributed by atoms with E-state index in [-0.39, 0.29) is 17.9 Å². The third kappa shape index (κ3) is 2.97. The first kappa shape index (κ1) is 12.4. The number of amides is 2. The van der Waals surface area contributed by atoms with Crippen molar-refractivity contribution in [2.75, 3.05) is 26.8 Å². The molecule has 96 valence electrons. The van der Waals surface area contributed by atoms with E-state index in [1.54, 1.807) is 7.11 Å². The third-order valence-electron chi connectivity index (χ3n) is 3.70. The summed E-state index contributed by atoms with van der Waals surface area (Å²) in [4.78, 5) is 25.0. The summed E-state index contributed by atoms with van der Waals surface area (Å²) in [5, 5.41) is 3.02. The van der Waals surface area contributed by atoms with Crippen molar-refractivity contribution in [2.45, 2.75) is 31.7 Å². The molecule has 2 heterocycles. The molecule has 5 nitrogen and oxygen atoms in total. The van der Waals surface area contributed by atoms with Crippen LogP contribution in [0.2, 0.25) is 0 Å². The van der Waals surface area contributed by atoms with Gasteiger partial charge in [-0.2, -0.15) is 0 Å². The zero-order valence-electron chi connectivity index (χ0n) is 10.3. The van der Waals surface area contributed by atoms with Gasteiger partial charge in [-0.1, -0.05) is 0 Å². The van der Waals surface area contributed by atoms with E-state index in [1.165, 1.54) is 0 Å². The van der Waals surface area contributed by atoms with E-state index >= 15 is 0 Å². The molecule has 0 radical (unpaired) electrons. The lowest BCUT2D eigenvalue weighted by Gasteiger charge is -2.41. The van der Waals surface area contributed by atoms with Crippen molar-refractivity contribution >= 4 is 11.8 Å². The molecular weight excluding hydrogens is 220 g/mol. The molecular formula is C12H20N2O3. The smallest absolute Gasteiger partial charge is 0.224 e. The highest BCUT2D eigenvalue weighted by molar-refractivity contribution is 5.78. The van der Waals surface area contributed by atoms with E-state index in [0.717, 1.165) is 25.9 Å². The highest BCUT2D eigenvalue weighted by Crippen LogP contribution is 2.25. The summed E-state index contributed by atoms with van der Waals surface area (Å²) in [6.07, 6.45) is 2.85. The largest absolute Gasteiger partial charge is 0.384 e. The molecule has 2 saturated heterocycles. The number of likely N-dealkylation sites (tertiary alicyclic amines) is 1. The van der Waals surface area contributed by atoms with E-state index in [4.69, 9.17) is 4.74 Å². The van der Waals surface area contributed by atoms with Gasteiger partial charge in [0, 0.05) is 32.7 Å². The van der Waals surface area contributed by atoms with Gasteiger partial charge in [0.1, 0.15) is 0 Å². The molecule has 2 aliphatic heterocycles. The molecule has 2 atom stereocenters. The summed E-state index contributed by atoms with van der Waals surface area (Å²) in [5.41, 5.74) is 0. The van der Waals surface area contributed by atoms with E-state index in [1.807, 2.05) is 4.90 Å². The van der Waals surface area contributed by atoms with Crippen LogP contribution < -0.4 is 5.32 Å². The fourth-order valence-electron chi connectivity index (χ4n) is 2.68. The minimum Gasteiger partial charge on any atom is -0.384 e. The van der Waals surface area contributed by atoms with E-state index in [2.05, 4.69) is 5.32 Å². The summed E-state index contributed by atoms with van der Waals surface area (Å²) in [7, 11) is 1.61. The normalized spacial score (nSPS) is 28.5. The molecule has 2 aliphatic rings. The van der Waals surface area contributed by atoms with E-state index < -0.39 is 0 Å². The van der Waals surface area contributed by atoms with Crippen LogP contribution in [-0.4, -0.2) is 49.6 Å². The number of rotatable bonds is 3. The van der Waals surface area contributed by atoms with Crippen LogP contribution in [0.25, 0.3) is 0 Å². The molecule has 0 aromatic heterocycles. The van der Waals surface area contributed by atoms with E-state index in [0.29, 0.717) is 25.4 Å². The maximum Gasteiger partial charge on any atom is 0.224 e. The quantitative estimate of drug-likeness (QED) is 0.764. The first-order valence-corrected chi connectivity index (χ1v) is 6.27. The van der Waals surface area contributed by atoms with Crippen LogP contribution in [0.5, 0.6) is 0 Å². The summed E-state index contributed by atoms with van der Waals surface area (Å²) in [6, 6.07) is 0.280. The molecule has 2 unspecified atom stereocenters. The standard InChI is InChI=1S/C12H20N2O3/c1-17-7-5-12(16)14-6-4-10-9(8-14)2-3-11(15)13-10/h9-10H,2-8H2,1H3,(H,13,15). The van der Waals surface area contributed by atoms with Gasteiger partial charge < -0.3 is 15.0 Å². The Labute approximate surface area is 101 Å². The Balaban J connectivity index is 1.85. The summed E-state index contributed by atoms with van der Waals surface area (Å²) >= 11 is 0. The number of piperidine rings is 2. The van der Waals surface area contributed by atoms with Crippen molar-refractivity contribution in [3.8, 4) is 0 Å². The molecule has 0 aliphatic carbocycles. The second-order valence-electron chi connectivity index (χ2n) is 4.84. The number of hydrogen-bond acceptors (Lipinski definition) is 3. The first-order valence-electron chi connectivity index (χ1n) is 6.27. The summed E-state index contributed by atoms with van der Waals surface area (Å²) < 4.78 is 4.92. The monoisotopic (exact) mass is 240 g/mol. The molecule has 2 fully saturated rings. The van der Waals surface area contributed by atoms with Crippen LogP contribution in [0.15, 0.2) is 0 Å². The second kappa shape index (κ2) is 5.49. The Hall–Kier alpha value is -1.10. The Morgan fingerprint density at radius 1 is 1.53 bits per heavy atom. The lowest BCUT2D eigenvalue weighted by atomic mass is 9.85. The molecule has 0 spiro atoms. The number of nitrogens with zero attached hydrogens (tertiary/aromatic N) is 1. The van der Waals surface area contributed by atoms with Crippen LogP contribution >= 0.6 is 0 Å². The lowest BCUT2D eigenvalue weighted by Crippen LogP contribution is -2.55. The van der Waals surface area contributed by atoms with Crippen LogP contribution in [0.3, 0.4) is 0 Å².